The minimum atomic E-state index is -2.47. The van der Waals surface area contributed by atoms with Crippen LogP contribution in [0.25, 0.3) is 0 Å². The largest absolute Gasteiger partial charge is 0.760 e. The lowest BCUT2D eigenvalue weighted by molar-refractivity contribution is -0.0643. The summed E-state index contributed by atoms with van der Waals surface area (Å²) in [7, 11) is 1.42. The number of hydrogen-bond donors (Lipinski definition) is 4. The van der Waals surface area contributed by atoms with Crippen molar-refractivity contribution in [3.63, 3.8) is 0 Å². The van der Waals surface area contributed by atoms with E-state index < -0.39 is 41.5 Å². The van der Waals surface area contributed by atoms with Crippen molar-refractivity contribution >= 4 is 28.7 Å². The van der Waals surface area contributed by atoms with Gasteiger partial charge in [0.25, 0.3) is 0 Å². The number of aliphatic hydroxyl groups is 2. The van der Waals surface area contributed by atoms with Gasteiger partial charge in [0.1, 0.15) is 18.1 Å². The Morgan fingerprint density at radius 3 is 2.63 bits per heavy atom. The quantitative estimate of drug-likeness (QED) is 0.420. The predicted molar refractivity (Wildman–Crippen MR) is 129 cm³/mol. The second-order valence-electron chi connectivity index (χ2n) is 8.57. The van der Waals surface area contributed by atoms with E-state index in [-0.39, 0.29) is 30.5 Å². The van der Waals surface area contributed by atoms with Gasteiger partial charge < -0.3 is 30.1 Å². The van der Waals surface area contributed by atoms with E-state index in [9.17, 15) is 28.2 Å². The molecule has 3 rings (SSSR count). The van der Waals surface area contributed by atoms with Gasteiger partial charge in [-0.3, -0.25) is 9.11 Å². The number of nitrogens with one attached hydrogen (secondary N) is 2. The number of carbonyl (C=O) groups is 1. The predicted octanol–water partition coefficient (Wildman–Crippen LogP) is 2.27. The van der Waals surface area contributed by atoms with Crippen molar-refractivity contribution < 1.29 is 32.9 Å². The van der Waals surface area contributed by atoms with Gasteiger partial charge in [0.2, 0.25) is 0 Å². The first kappa shape index (κ1) is 27.0. The topological polar surface area (TPSA) is 137 Å². The summed E-state index contributed by atoms with van der Waals surface area (Å²) < 4.78 is 43.4. The second-order valence-corrected chi connectivity index (χ2v) is 9.63. The number of para-hydroxylation sites is 1. The molecule has 1 heterocycles. The van der Waals surface area contributed by atoms with Crippen LogP contribution in [0, 0.1) is 11.7 Å². The van der Waals surface area contributed by atoms with Crippen LogP contribution >= 0.6 is 0 Å². The van der Waals surface area contributed by atoms with Gasteiger partial charge in [-0.15, -0.1) is 0 Å². The van der Waals surface area contributed by atoms with E-state index in [1.54, 1.807) is 30.0 Å². The summed E-state index contributed by atoms with van der Waals surface area (Å²) in [5.41, 5.74) is 0.980. The van der Waals surface area contributed by atoms with Crippen LogP contribution in [0.4, 0.5) is 20.6 Å². The molecule has 35 heavy (non-hydrogen) atoms. The van der Waals surface area contributed by atoms with E-state index in [4.69, 9.17) is 4.74 Å². The van der Waals surface area contributed by atoms with Gasteiger partial charge in [0, 0.05) is 47.6 Å². The molecular formula is C23H30FN4O6S-. The van der Waals surface area contributed by atoms with Gasteiger partial charge in [0.05, 0.1) is 12.3 Å². The van der Waals surface area contributed by atoms with Gasteiger partial charge in [-0.25, -0.2) is 13.5 Å². The number of urea groups is 1. The highest BCUT2D eigenvalue weighted by atomic mass is 32.2. The first-order valence-electron chi connectivity index (χ1n) is 11.1. The molecule has 0 fully saturated rings. The molecule has 2 aromatic rings. The summed E-state index contributed by atoms with van der Waals surface area (Å²) in [5, 5.41) is 26.2. The number of amides is 2. The molecule has 192 valence electrons. The number of likely N-dealkylation sites (N-methyl/N-ethyl adjacent to an activating group) is 1. The zero-order valence-corrected chi connectivity index (χ0v) is 20.5. The molecule has 2 aromatic carbocycles. The van der Waals surface area contributed by atoms with Gasteiger partial charge in [0.15, 0.2) is 5.75 Å². The van der Waals surface area contributed by atoms with E-state index in [2.05, 4.69) is 10.6 Å². The monoisotopic (exact) mass is 509 g/mol. The second kappa shape index (κ2) is 11.9. The van der Waals surface area contributed by atoms with Crippen molar-refractivity contribution in [2.24, 2.45) is 5.92 Å². The molecule has 4 N–H and O–H groups in total. The maximum Gasteiger partial charge on any atom is 0.323 e. The van der Waals surface area contributed by atoms with Gasteiger partial charge in [-0.05, 0) is 44.3 Å². The molecule has 0 radical (unpaired) electrons. The SMILES string of the molecule is CC1CN(C(C)CO)C(O)c2cccc(NC(=O)Nc3ccc(F)cc3)c2OC1CN(C)S(=O)[O-]. The van der Waals surface area contributed by atoms with Crippen LogP contribution in [0.2, 0.25) is 0 Å². The van der Waals surface area contributed by atoms with Crippen LogP contribution in [-0.4, -0.2) is 73.1 Å². The molecule has 5 unspecified atom stereocenters. The zero-order valence-electron chi connectivity index (χ0n) is 19.7. The number of ether oxygens (including phenoxy) is 1. The van der Waals surface area contributed by atoms with Crippen LogP contribution in [0.5, 0.6) is 5.75 Å². The third kappa shape index (κ3) is 6.75. The zero-order chi connectivity index (χ0) is 25.7. The maximum atomic E-state index is 13.2. The number of halogens is 1. The van der Waals surface area contributed by atoms with Gasteiger partial charge in [-0.2, -0.15) is 0 Å². The number of hydrogen-bond acceptors (Lipinski definition) is 7. The smallest absolute Gasteiger partial charge is 0.323 e. The lowest BCUT2D eigenvalue weighted by Gasteiger charge is -2.41. The molecule has 5 atom stereocenters. The van der Waals surface area contributed by atoms with Gasteiger partial charge >= 0.3 is 6.03 Å². The third-order valence-corrected chi connectivity index (χ3v) is 6.57. The highest BCUT2D eigenvalue weighted by Crippen LogP contribution is 2.39. The van der Waals surface area contributed by atoms with Crippen LogP contribution < -0.4 is 15.4 Å². The van der Waals surface area contributed by atoms with E-state index in [0.717, 1.165) is 4.31 Å². The van der Waals surface area contributed by atoms with E-state index >= 15 is 0 Å². The van der Waals surface area contributed by atoms with Crippen molar-refractivity contribution in [2.45, 2.75) is 32.2 Å². The molecule has 1 aliphatic rings. The molecule has 2 amide bonds. The molecule has 1 aliphatic heterocycles. The standard InChI is InChI=1S/C23H31FN4O6S/c1-14-11-28(15(2)13-29)22(30)18-5-4-6-19(21(18)34-20(14)12-27(3)35(32)33)26-23(31)25-17-9-7-16(24)8-10-17/h4-10,14-15,20,22,29-30H,11-13H2,1-3H3,(H,32,33)(H2,25,26,31)/p-1. The van der Waals surface area contributed by atoms with E-state index in [0.29, 0.717) is 17.8 Å². The molecule has 0 bridgehead atoms. The Labute approximate surface area is 206 Å². The summed E-state index contributed by atoms with van der Waals surface area (Å²) >= 11 is -2.47. The lowest BCUT2D eigenvalue weighted by Crippen LogP contribution is -2.49. The fourth-order valence-corrected chi connectivity index (χ4v) is 4.13. The van der Waals surface area contributed by atoms with Crippen LogP contribution in [-0.2, 0) is 11.3 Å². The molecule has 0 saturated heterocycles. The Kier molecular flexibility index (Phi) is 9.16. The van der Waals surface area contributed by atoms with Crippen LogP contribution in [0.15, 0.2) is 42.5 Å². The molecular weight excluding hydrogens is 479 g/mol. The van der Waals surface area contributed by atoms with Crippen molar-refractivity contribution in [1.82, 2.24) is 9.21 Å². The average molecular weight is 510 g/mol. The normalized spacial score (nSPS) is 22.3. The molecule has 0 spiro atoms. The first-order valence-corrected chi connectivity index (χ1v) is 12.1. The Bertz CT molecular complexity index is 1040. The summed E-state index contributed by atoms with van der Waals surface area (Å²) in [6.07, 6.45) is -1.77. The van der Waals surface area contributed by atoms with Crippen molar-refractivity contribution in [2.75, 3.05) is 37.4 Å². The average Bonchev–Trinajstić information content (AvgIpc) is 2.82. The Balaban J connectivity index is 1.96. The molecule has 0 aromatic heterocycles. The molecule has 10 nitrogen and oxygen atoms in total. The Hall–Kier alpha value is -2.61. The number of fused-ring (bicyclic) bond motifs is 1. The Morgan fingerprint density at radius 1 is 1.31 bits per heavy atom. The number of benzene rings is 2. The summed E-state index contributed by atoms with van der Waals surface area (Å²) in [4.78, 5) is 14.4. The van der Waals surface area contributed by atoms with Crippen LogP contribution in [0.3, 0.4) is 0 Å². The van der Waals surface area contributed by atoms with Crippen molar-refractivity contribution in [3.8, 4) is 5.75 Å². The lowest BCUT2D eigenvalue weighted by atomic mass is 9.99. The minimum absolute atomic E-state index is 0.0320. The fourth-order valence-electron chi connectivity index (χ4n) is 3.86. The van der Waals surface area contributed by atoms with Crippen LogP contribution in [0.1, 0.15) is 25.6 Å². The van der Waals surface area contributed by atoms with Crippen molar-refractivity contribution in [1.29, 1.82) is 0 Å². The van der Waals surface area contributed by atoms with E-state index in [1.807, 2.05) is 6.92 Å². The third-order valence-electron chi connectivity index (χ3n) is 5.91. The molecule has 12 heteroatoms. The number of rotatable bonds is 7. The fraction of sp³-hybridized carbons (Fsp3) is 0.435. The maximum absolute atomic E-state index is 13.2. The number of carbonyl (C=O) groups excluding carboxylic acids is 1. The Morgan fingerprint density at radius 2 is 2.00 bits per heavy atom. The summed E-state index contributed by atoms with van der Waals surface area (Å²) in [6, 6.07) is 9.11. The van der Waals surface area contributed by atoms with Gasteiger partial charge in [-0.1, -0.05) is 19.1 Å². The molecule has 0 saturated carbocycles. The first-order chi connectivity index (χ1) is 16.6. The highest BCUT2D eigenvalue weighted by molar-refractivity contribution is 7.76. The number of nitrogens with zero attached hydrogens (tertiary/aromatic N) is 2. The summed E-state index contributed by atoms with van der Waals surface area (Å²) in [5.74, 6) is -0.501. The summed E-state index contributed by atoms with van der Waals surface area (Å²) in [6.45, 7) is 3.79. The minimum Gasteiger partial charge on any atom is -0.760 e. The highest BCUT2D eigenvalue weighted by Gasteiger charge is 2.35. The molecule has 0 aliphatic carbocycles. The van der Waals surface area contributed by atoms with E-state index in [1.165, 1.54) is 31.3 Å². The van der Waals surface area contributed by atoms with Crippen molar-refractivity contribution in [3.05, 3.63) is 53.8 Å². The number of aliphatic hydroxyl groups excluding tert-OH is 2. The number of anilines is 2.